The number of ketones is 1. The molecule has 0 aromatic heterocycles. The molecule has 4 aliphatic rings. The SMILES string of the molecule is O=C1CC=C2N([N+](=O)[O-])C3=C(CCC=C3)C23C=CC=CNC13. The fraction of sp³-hybridized carbons (Fsp3) is 0.312. The van der Waals surface area contributed by atoms with Gasteiger partial charge in [-0.25, -0.2) is 10.1 Å². The second kappa shape index (κ2) is 4.43. The normalized spacial score (nSPS) is 32.0. The summed E-state index contributed by atoms with van der Waals surface area (Å²) in [4.78, 5) is 24.1. The fourth-order valence-corrected chi connectivity index (χ4v) is 3.97. The van der Waals surface area contributed by atoms with E-state index in [-0.39, 0.29) is 17.2 Å². The molecule has 0 aromatic rings. The van der Waals surface area contributed by atoms with Crippen LogP contribution in [0.4, 0.5) is 0 Å². The van der Waals surface area contributed by atoms with E-state index >= 15 is 0 Å². The van der Waals surface area contributed by atoms with Gasteiger partial charge < -0.3 is 5.32 Å². The second-order valence-electron chi connectivity index (χ2n) is 5.80. The van der Waals surface area contributed by atoms with Gasteiger partial charge in [-0.3, -0.25) is 4.79 Å². The minimum absolute atomic E-state index is 0.0616. The highest BCUT2D eigenvalue weighted by atomic mass is 16.7. The lowest BCUT2D eigenvalue weighted by atomic mass is 9.66. The highest BCUT2D eigenvalue weighted by molar-refractivity contribution is 5.90. The number of carbonyl (C=O) groups is 1. The Labute approximate surface area is 127 Å². The topological polar surface area (TPSA) is 75.5 Å². The molecule has 4 rings (SSSR count). The number of nitrogens with one attached hydrogen (secondary N) is 1. The zero-order valence-corrected chi connectivity index (χ0v) is 11.9. The van der Waals surface area contributed by atoms with Crippen molar-refractivity contribution >= 4 is 5.78 Å². The number of rotatable bonds is 1. The Kier molecular flexibility index (Phi) is 2.63. The molecular weight excluding hydrogens is 282 g/mol. The monoisotopic (exact) mass is 297 g/mol. The molecule has 2 aliphatic heterocycles. The van der Waals surface area contributed by atoms with E-state index in [1.165, 1.54) is 0 Å². The van der Waals surface area contributed by atoms with Crippen LogP contribution in [0, 0.1) is 15.5 Å². The molecule has 0 saturated carbocycles. The first kappa shape index (κ1) is 13.1. The third-order valence-electron chi connectivity index (χ3n) is 4.79. The standard InChI is InChI=1S/C16H15N3O3/c20-13-7-8-14-16(9-3-4-10-17-15(13)16)11-5-1-2-6-12(11)18(14)19(21)22/h2-4,6,8-10,15,17H,1,5,7H2. The van der Waals surface area contributed by atoms with Crippen LogP contribution in [0.25, 0.3) is 0 Å². The van der Waals surface area contributed by atoms with Gasteiger partial charge in [0.05, 0.1) is 5.41 Å². The van der Waals surface area contributed by atoms with Crippen LogP contribution < -0.4 is 5.32 Å². The quantitative estimate of drug-likeness (QED) is 0.591. The van der Waals surface area contributed by atoms with E-state index in [2.05, 4.69) is 5.32 Å². The highest BCUT2D eigenvalue weighted by Gasteiger charge is 2.59. The van der Waals surface area contributed by atoms with Gasteiger partial charge in [-0.1, -0.05) is 23.2 Å². The van der Waals surface area contributed by atoms with Crippen LogP contribution in [-0.2, 0) is 4.79 Å². The minimum Gasteiger partial charge on any atom is -0.380 e. The Morgan fingerprint density at radius 3 is 3.09 bits per heavy atom. The second-order valence-corrected chi connectivity index (χ2v) is 5.80. The van der Waals surface area contributed by atoms with E-state index in [4.69, 9.17) is 0 Å². The number of allylic oxidation sites excluding steroid dienone is 5. The Morgan fingerprint density at radius 2 is 2.27 bits per heavy atom. The van der Waals surface area contributed by atoms with E-state index in [0.29, 0.717) is 11.4 Å². The first-order chi connectivity index (χ1) is 10.7. The first-order valence-corrected chi connectivity index (χ1v) is 7.34. The van der Waals surface area contributed by atoms with Gasteiger partial charge in [0.15, 0.2) is 10.8 Å². The molecule has 0 amide bonds. The molecule has 1 spiro atoms. The molecule has 6 nitrogen and oxygen atoms in total. The molecule has 0 bridgehead atoms. The van der Waals surface area contributed by atoms with Crippen LogP contribution in [-0.4, -0.2) is 21.9 Å². The third kappa shape index (κ3) is 1.46. The lowest BCUT2D eigenvalue weighted by molar-refractivity contribution is -0.631. The maximum absolute atomic E-state index is 12.5. The van der Waals surface area contributed by atoms with Gasteiger partial charge in [0.1, 0.15) is 17.4 Å². The van der Waals surface area contributed by atoms with E-state index in [1.807, 2.05) is 30.4 Å². The summed E-state index contributed by atoms with van der Waals surface area (Å²) in [5.41, 5.74) is 1.41. The summed E-state index contributed by atoms with van der Waals surface area (Å²) in [6.07, 6.45) is 14.6. The average molecular weight is 297 g/mol. The molecule has 2 aliphatic carbocycles. The maximum atomic E-state index is 12.5. The smallest absolute Gasteiger partial charge is 0.169 e. The van der Waals surface area contributed by atoms with Crippen molar-refractivity contribution in [3.8, 4) is 0 Å². The van der Waals surface area contributed by atoms with Crippen LogP contribution in [0.3, 0.4) is 0 Å². The molecule has 2 unspecified atom stereocenters. The Hall–Kier alpha value is -2.63. The summed E-state index contributed by atoms with van der Waals surface area (Å²) in [5, 5.41) is 15.5. The molecule has 1 N–H and O–H groups in total. The summed E-state index contributed by atoms with van der Waals surface area (Å²) in [5.74, 6) is 0.0616. The molecule has 2 atom stereocenters. The number of nitrogens with zero attached hydrogens (tertiary/aromatic N) is 2. The summed E-state index contributed by atoms with van der Waals surface area (Å²) >= 11 is 0. The lowest BCUT2D eigenvalue weighted by Gasteiger charge is -2.39. The van der Waals surface area contributed by atoms with Gasteiger partial charge in [0.25, 0.3) is 0 Å². The minimum atomic E-state index is -0.744. The van der Waals surface area contributed by atoms with E-state index < -0.39 is 11.5 Å². The van der Waals surface area contributed by atoms with E-state index in [0.717, 1.165) is 23.4 Å². The van der Waals surface area contributed by atoms with E-state index in [1.54, 1.807) is 12.3 Å². The molecule has 22 heavy (non-hydrogen) atoms. The summed E-state index contributed by atoms with van der Waals surface area (Å²) in [7, 11) is 0. The van der Waals surface area contributed by atoms with Crippen molar-refractivity contribution < 1.29 is 9.83 Å². The molecule has 0 radical (unpaired) electrons. The lowest BCUT2D eigenvalue weighted by Crippen LogP contribution is -2.51. The number of Topliss-reactive ketones (excluding diaryl/α,β-unsaturated/α-hetero) is 1. The largest absolute Gasteiger partial charge is 0.380 e. The maximum Gasteiger partial charge on any atom is 0.169 e. The van der Waals surface area contributed by atoms with Gasteiger partial charge >= 0.3 is 0 Å². The van der Waals surface area contributed by atoms with Gasteiger partial charge in [-0.15, -0.1) is 0 Å². The van der Waals surface area contributed by atoms with Crippen LogP contribution in [0.15, 0.2) is 59.6 Å². The number of hydrogen-bond acceptors (Lipinski definition) is 4. The summed E-state index contributed by atoms with van der Waals surface area (Å²) in [6, 6.07) is -0.482. The van der Waals surface area contributed by atoms with Gasteiger partial charge in [0.2, 0.25) is 0 Å². The van der Waals surface area contributed by atoms with Crippen LogP contribution in [0.5, 0.6) is 0 Å². The van der Waals surface area contributed by atoms with Crippen LogP contribution in [0.2, 0.25) is 0 Å². The fourth-order valence-electron chi connectivity index (χ4n) is 3.97. The Balaban J connectivity index is 2.01. The van der Waals surface area contributed by atoms with Crippen LogP contribution >= 0.6 is 0 Å². The summed E-state index contributed by atoms with van der Waals surface area (Å²) < 4.78 is 0. The Bertz CT molecular complexity index is 729. The molecule has 0 fully saturated rings. The van der Waals surface area contributed by atoms with Gasteiger partial charge in [-0.2, -0.15) is 0 Å². The van der Waals surface area contributed by atoms with Crippen molar-refractivity contribution in [2.45, 2.75) is 25.3 Å². The van der Waals surface area contributed by atoms with Gasteiger partial charge in [0, 0.05) is 6.42 Å². The van der Waals surface area contributed by atoms with Gasteiger partial charge in [-0.05, 0) is 42.8 Å². The predicted molar refractivity (Wildman–Crippen MR) is 79.6 cm³/mol. The van der Waals surface area contributed by atoms with Crippen molar-refractivity contribution in [1.82, 2.24) is 10.3 Å². The van der Waals surface area contributed by atoms with Crippen molar-refractivity contribution in [2.75, 3.05) is 0 Å². The molecule has 112 valence electrons. The molecule has 2 heterocycles. The molecular formula is C16H15N3O3. The zero-order valence-electron chi connectivity index (χ0n) is 11.9. The van der Waals surface area contributed by atoms with Crippen molar-refractivity contribution in [3.05, 3.63) is 69.7 Å². The average Bonchev–Trinajstić information content (AvgIpc) is 2.64. The first-order valence-electron chi connectivity index (χ1n) is 7.34. The summed E-state index contributed by atoms with van der Waals surface area (Å²) in [6.45, 7) is 0. The number of nitro groups is 1. The van der Waals surface area contributed by atoms with Crippen molar-refractivity contribution in [2.24, 2.45) is 5.41 Å². The van der Waals surface area contributed by atoms with E-state index in [9.17, 15) is 14.9 Å². The zero-order chi connectivity index (χ0) is 15.3. The number of hydrazine groups is 1. The molecule has 0 aromatic carbocycles. The Morgan fingerprint density at radius 1 is 1.41 bits per heavy atom. The number of carbonyl (C=O) groups excluding carboxylic acids is 1. The van der Waals surface area contributed by atoms with Crippen LogP contribution in [0.1, 0.15) is 19.3 Å². The predicted octanol–water partition coefficient (Wildman–Crippen LogP) is 1.98. The molecule has 6 heteroatoms. The van der Waals surface area contributed by atoms with Crippen molar-refractivity contribution in [1.29, 1.82) is 0 Å². The third-order valence-corrected chi connectivity index (χ3v) is 4.79. The number of hydrogen-bond donors (Lipinski definition) is 1. The highest BCUT2D eigenvalue weighted by Crippen LogP contribution is 2.56. The molecule has 0 saturated heterocycles. The van der Waals surface area contributed by atoms with Crippen molar-refractivity contribution in [3.63, 3.8) is 0 Å².